The number of imide groups is 1. The lowest BCUT2D eigenvalue weighted by Gasteiger charge is -2.14. The van der Waals surface area contributed by atoms with Crippen LogP contribution in [0.3, 0.4) is 0 Å². The molecule has 7 nitrogen and oxygen atoms in total. The first-order chi connectivity index (χ1) is 16.0. The standard InChI is InChI=1S/C25H20ClN3O4/c26-17-8-5-15(6-9-17)13-16-7-10-19-22(18-3-1-2-4-20(18)28-23(16)19)24(31)33-14-21(30)29-12-11-27-25(29)32/h1-6,8-9,13H,7,10-12,14H2,(H,27,32)/b16-13+. The molecule has 3 aromatic rings. The maximum absolute atomic E-state index is 13.2. The van der Waals surface area contributed by atoms with Crippen molar-refractivity contribution >= 4 is 52.1 Å². The van der Waals surface area contributed by atoms with Crippen LogP contribution in [0.1, 0.15) is 33.6 Å². The first-order valence-corrected chi connectivity index (χ1v) is 11.0. The molecule has 0 bridgehead atoms. The number of carbonyl (C=O) groups excluding carboxylic acids is 3. The van der Waals surface area contributed by atoms with Gasteiger partial charge in [-0.05, 0) is 53.8 Å². The van der Waals surface area contributed by atoms with Crippen molar-refractivity contribution in [3.05, 3.63) is 75.9 Å². The van der Waals surface area contributed by atoms with Crippen LogP contribution < -0.4 is 5.32 Å². The van der Waals surface area contributed by atoms with Crippen LogP contribution in [0.2, 0.25) is 5.02 Å². The quantitative estimate of drug-likeness (QED) is 0.591. The van der Waals surface area contributed by atoms with Gasteiger partial charge in [-0.25, -0.2) is 14.6 Å². The summed E-state index contributed by atoms with van der Waals surface area (Å²) in [6, 6.07) is 14.4. The SMILES string of the molecule is O=C(OCC(=O)N1CCNC1=O)c1c2c(nc3ccccc13)/C(=C/c1ccc(Cl)cc1)CC2. The number of esters is 1. The van der Waals surface area contributed by atoms with Gasteiger partial charge in [0, 0.05) is 23.5 Å². The van der Waals surface area contributed by atoms with Crippen LogP contribution in [0, 0.1) is 0 Å². The Bertz CT molecular complexity index is 1320. The molecule has 2 aliphatic rings. The van der Waals surface area contributed by atoms with Gasteiger partial charge in [-0.3, -0.25) is 9.69 Å². The van der Waals surface area contributed by atoms with E-state index in [1.807, 2.05) is 48.5 Å². The van der Waals surface area contributed by atoms with Gasteiger partial charge in [0.25, 0.3) is 5.91 Å². The number of benzene rings is 2. The van der Waals surface area contributed by atoms with Crippen molar-refractivity contribution in [1.29, 1.82) is 0 Å². The Balaban J connectivity index is 1.48. The Morgan fingerprint density at radius 3 is 2.67 bits per heavy atom. The minimum atomic E-state index is -0.592. The van der Waals surface area contributed by atoms with Gasteiger partial charge in [0.1, 0.15) is 0 Å². The highest BCUT2D eigenvalue weighted by Crippen LogP contribution is 2.37. The Kier molecular flexibility index (Phi) is 5.56. The van der Waals surface area contributed by atoms with Gasteiger partial charge in [0.05, 0.1) is 16.8 Å². The molecule has 2 heterocycles. The molecule has 1 aliphatic carbocycles. The Morgan fingerprint density at radius 2 is 1.91 bits per heavy atom. The number of ether oxygens (including phenoxy) is 1. The molecule has 1 aromatic heterocycles. The van der Waals surface area contributed by atoms with Crippen molar-refractivity contribution in [1.82, 2.24) is 15.2 Å². The van der Waals surface area contributed by atoms with Gasteiger partial charge in [-0.15, -0.1) is 0 Å². The number of para-hydroxylation sites is 1. The van der Waals surface area contributed by atoms with Crippen molar-refractivity contribution in [2.45, 2.75) is 12.8 Å². The highest BCUT2D eigenvalue weighted by molar-refractivity contribution is 6.30. The molecule has 0 saturated carbocycles. The zero-order valence-corrected chi connectivity index (χ0v) is 18.4. The van der Waals surface area contributed by atoms with Gasteiger partial charge in [0.15, 0.2) is 6.61 Å². The largest absolute Gasteiger partial charge is 0.452 e. The third-order valence-electron chi connectivity index (χ3n) is 5.84. The minimum Gasteiger partial charge on any atom is -0.452 e. The molecular formula is C25H20ClN3O4. The highest BCUT2D eigenvalue weighted by atomic mass is 35.5. The molecule has 0 unspecified atom stereocenters. The number of rotatable bonds is 4. The molecule has 0 atom stereocenters. The summed E-state index contributed by atoms with van der Waals surface area (Å²) in [5, 5.41) is 3.91. The molecule has 33 heavy (non-hydrogen) atoms. The number of aromatic nitrogens is 1. The lowest BCUT2D eigenvalue weighted by Crippen LogP contribution is -2.37. The van der Waals surface area contributed by atoms with Crippen LogP contribution >= 0.6 is 11.6 Å². The number of fused-ring (bicyclic) bond motifs is 2. The number of pyridine rings is 1. The summed E-state index contributed by atoms with van der Waals surface area (Å²) in [5.74, 6) is -1.14. The monoisotopic (exact) mass is 461 g/mol. The number of hydrogen-bond donors (Lipinski definition) is 1. The number of amides is 3. The first kappa shape index (κ1) is 21.2. The van der Waals surface area contributed by atoms with Crippen LogP contribution in [0.15, 0.2) is 48.5 Å². The summed E-state index contributed by atoms with van der Waals surface area (Å²) in [6.45, 7) is 0.163. The smallest absolute Gasteiger partial charge is 0.339 e. The Labute approximate surface area is 195 Å². The number of allylic oxidation sites excluding steroid dienone is 1. The van der Waals surface area contributed by atoms with Crippen molar-refractivity contribution in [2.75, 3.05) is 19.7 Å². The van der Waals surface area contributed by atoms with Crippen molar-refractivity contribution in [2.24, 2.45) is 0 Å². The summed E-state index contributed by atoms with van der Waals surface area (Å²) in [5.41, 5.74) is 4.70. The second-order valence-electron chi connectivity index (χ2n) is 7.91. The molecular weight excluding hydrogens is 442 g/mol. The number of carbonyl (C=O) groups is 3. The molecule has 5 rings (SSSR count). The highest BCUT2D eigenvalue weighted by Gasteiger charge is 2.30. The van der Waals surface area contributed by atoms with Gasteiger partial charge in [-0.2, -0.15) is 0 Å². The predicted octanol–water partition coefficient (Wildman–Crippen LogP) is 4.08. The fourth-order valence-electron chi connectivity index (χ4n) is 4.26. The summed E-state index contributed by atoms with van der Waals surface area (Å²) >= 11 is 6.00. The third kappa shape index (κ3) is 4.07. The Morgan fingerprint density at radius 1 is 1.12 bits per heavy atom. The van der Waals surface area contributed by atoms with Crippen LogP contribution in [-0.2, 0) is 16.0 Å². The van der Waals surface area contributed by atoms with Gasteiger partial charge in [-0.1, -0.05) is 41.9 Å². The Hall–Kier alpha value is -3.71. The second kappa shape index (κ2) is 8.67. The van der Waals surface area contributed by atoms with E-state index in [1.54, 1.807) is 0 Å². The lowest BCUT2D eigenvalue weighted by molar-refractivity contribution is -0.130. The van der Waals surface area contributed by atoms with E-state index in [2.05, 4.69) is 11.4 Å². The maximum atomic E-state index is 13.2. The molecule has 2 aromatic carbocycles. The maximum Gasteiger partial charge on any atom is 0.339 e. The van der Waals surface area contributed by atoms with Gasteiger partial charge < -0.3 is 10.1 Å². The molecule has 166 valence electrons. The van der Waals surface area contributed by atoms with E-state index < -0.39 is 24.5 Å². The van der Waals surface area contributed by atoms with E-state index in [4.69, 9.17) is 21.3 Å². The molecule has 1 aliphatic heterocycles. The zero-order valence-electron chi connectivity index (χ0n) is 17.6. The average molecular weight is 462 g/mol. The van der Waals surface area contributed by atoms with E-state index in [9.17, 15) is 14.4 Å². The van der Waals surface area contributed by atoms with Crippen LogP contribution in [-0.4, -0.2) is 47.5 Å². The molecule has 1 N–H and O–H groups in total. The summed E-state index contributed by atoms with van der Waals surface area (Å²) < 4.78 is 5.38. The van der Waals surface area contributed by atoms with E-state index in [0.717, 1.165) is 33.7 Å². The fourth-order valence-corrected chi connectivity index (χ4v) is 4.39. The van der Waals surface area contributed by atoms with Crippen molar-refractivity contribution in [3.63, 3.8) is 0 Å². The van der Waals surface area contributed by atoms with E-state index in [-0.39, 0.29) is 6.54 Å². The first-order valence-electron chi connectivity index (χ1n) is 10.6. The number of halogens is 1. The topological polar surface area (TPSA) is 88.6 Å². The predicted molar refractivity (Wildman–Crippen MR) is 125 cm³/mol. The van der Waals surface area contributed by atoms with E-state index in [0.29, 0.717) is 34.5 Å². The van der Waals surface area contributed by atoms with E-state index >= 15 is 0 Å². The van der Waals surface area contributed by atoms with Crippen molar-refractivity contribution < 1.29 is 19.1 Å². The minimum absolute atomic E-state index is 0.266. The van der Waals surface area contributed by atoms with Crippen LogP contribution in [0.4, 0.5) is 4.79 Å². The number of nitrogens with zero attached hydrogens (tertiary/aromatic N) is 2. The number of nitrogens with one attached hydrogen (secondary N) is 1. The normalized spacial score (nSPS) is 16.2. The molecule has 1 saturated heterocycles. The van der Waals surface area contributed by atoms with Crippen molar-refractivity contribution in [3.8, 4) is 0 Å². The molecule has 1 fully saturated rings. The van der Waals surface area contributed by atoms with Crippen LogP contribution in [0.5, 0.6) is 0 Å². The molecule has 3 amide bonds. The molecule has 0 radical (unpaired) electrons. The summed E-state index contributed by atoms with van der Waals surface area (Å²) in [4.78, 5) is 43.1. The lowest BCUT2D eigenvalue weighted by atomic mass is 10.0. The number of urea groups is 1. The van der Waals surface area contributed by atoms with Crippen LogP contribution in [0.25, 0.3) is 22.6 Å². The van der Waals surface area contributed by atoms with Gasteiger partial charge in [0.2, 0.25) is 0 Å². The van der Waals surface area contributed by atoms with E-state index in [1.165, 1.54) is 0 Å². The molecule has 8 heteroatoms. The van der Waals surface area contributed by atoms with Gasteiger partial charge >= 0.3 is 12.0 Å². The fraction of sp³-hybridized carbons (Fsp3) is 0.200. The number of hydrogen-bond acceptors (Lipinski definition) is 5. The molecule has 0 spiro atoms. The third-order valence-corrected chi connectivity index (χ3v) is 6.09. The second-order valence-corrected chi connectivity index (χ2v) is 8.34. The summed E-state index contributed by atoms with van der Waals surface area (Å²) in [7, 11) is 0. The zero-order chi connectivity index (χ0) is 22.9. The summed E-state index contributed by atoms with van der Waals surface area (Å²) in [6.07, 6.45) is 3.42. The average Bonchev–Trinajstić information content (AvgIpc) is 3.43.